The molecular weight excluding hydrogens is 426 g/mol. The summed E-state index contributed by atoms with van der Waals surface area (Å²) in [5, 5.41) is 0. The molecule has 2 aromatic carbocycles. The maximum Gasteiger partial charge on any atom is 0.306 e. The molecule has 0 N–H and O–H groups in total. The predicted molar refractivity (Wildman–Crippen MR) is 107 cm³/mol. The normalized spacial score (nSPS) is 10.3. The Balaban J connectivity index is 1.60. The van der Waals surface area contributed by atoms with Crippen LogP contribution in [-0.2, 0) is 23.9 Å². The van der Waals surface area contributed by atoms with E-state index in [1.807, 2.05) is 0 Å². The van der Waals surface area contributed by atoms with Crippen LogP contribution < -0.4 is 0 Å². The quantitative estimate of drug-likeness (QED) is 0.364. The van der Waals surface area contributed by atoms with Crippen LogP contribution in [0.5, 0.6) is 0 Å². The van der Waals surface area contributed by atoms with E-state index in [0.29, 0.717) is 0 Å². The van der Waals surface area contributed by atoms with Crippen LogP contribution >= 0.6 is 0 Å². The zero-order valence-electron chi connectivity index (χ0n) is 17.0. The zero-order valence-corrected chi connectivity index (χ0v) is 17.0. The Bertz CT molecular complexity index is 903. The summed E-state index contributed by atoms with van der Waals surface area (Å²) >= 11 is 0. The van der Waals surface area contributed by atoms with Crippen molar-refractivity contribution in [3.8, 4) is 0 Å². The van der Waals surface area contributed by atoms with Crippen molar-refractivity contribution >= 4 is 29.3 Å². The number of hydrogen-bond acceptors (Lipinski definition) is 7. The number of ether oxygens (including phenoxy) is 2. The summed E-state index contributed by atoms with van der Waals surface area (Å²) in [6.45, 7) is -1.27. The number of Topliss-reactive ketones (excluding diaryl/α,β-unsaturated/α-hetero) is 3. The highest BCUT2D eigenvalue weighted by Gasteiger charge is 2.15. The van der Waals surface area contributed by atoms with E-state index in [1.54, 1.807) is 0 Å². The molecule has 0 aliphatic rings. The molecule has 0 aromatic heterocycles. The van der Waals surface area contributed by atoms with Crippen LogP contribution in [0, 0.1) is 11.6 Å². The van der Waals surface area contributed by atoms with Gasteiger partial charge in [-0.15, -0.1) is 0 Å². The lowest BCUT2D eigenvalue weighted by Gasteiger charge is -2.06. The van der Waals surface area contributed by atoms with E-state index in [2.05, 4.69) is 0 Å². The topological polar surface area (TPSA) is 104 Å². The van der Waals surface area contributed by atoms with Gasteiger partial charge < -0.3 is 9.47 Å². The summed E-state index contributed by atoms with van der Waals surface area (Å²) in [6, 6.07) is 9.72. The highest BCUT2D eigenvalue weighted by molar-refractivity contribution is 5.98. The first-order chi connectivity index (χ1) is 15.2. The lowest BCUT2D eigenvalue weighted by atomic mass is 10.1. The van der Waals surface area contributed by atoms with Crippen LogP contribution in [-0.4, -0.2) is 42.5 Å². The molecule has 0 unspecified atom stereocenters. The third-order valence-electron chi connectivity index (χ3n) is 4.23. The van der Waals surface area contributed by atoms with Gasteiger partial charge in [-0.3, -0.25) is 24.0 Å². The summed E-state index contributed by atoms with van der Waals surface area (Å²) in [5.41, 5.74) is 0.500. The first kappa shape index (κ1) is 24.5. The molecule has 0 spiro atoms. The van der Waals surface area contributed by atoms with E-state index < -0.39 is 42.6 Å². The van der Waals surface area contributed by atoms with E-state index in [0.717, 1.165) is 24.3 Å². The molecule has 2 aromatic rings. The fraction of sp³-hybridized carbons (Fsp3) is 0.261. The number of carbonyl (C=O) groups excluding carboxylic acids is 5. The predicted octanol–water partition coefficient (Wildman–Crippen LogP) is 3.25. The summed E-state index contributed by atoms with van der Waals surface area (Å²) in [6.07, 6.45) is -0.880. The first-order valence-corrected chi connectivity index (χ1v) is 9.65. The minimum atomic E-state index is -0.787. The van der Waals surface area contributed by atoms with E-state index in [9.17, 15) is 32.8 Å². The van der Waals surface area contributed by atoms with Gasteiger partial charge in [0.25, 0.3) is 0 Å². The Morgan fingerprint density at radius 1 is 0.562 bits per heavy atom. The molecule has 0 aliphatic carbocycles. The van der Waals surface area contributed by atoms with E-state index in [1.165, 1.54) is 24.3 Å². The van der Waals surface area contributed by atoms with Crippen LogP contribution in [0.25, 0.3) is 0 Å². The number of hydrogen-bond donors (Lipinski definition) is 0. The smallest absolute Gasteiger partial charge is 0.306 e. The molecule has 168 valence electrons. The second-order valence-electron chi connectivity index (χ2n) is 6.72. The Kier molecular flexibility index (Phi) is 9.34. The van der Waals surface area contributed by atoms with Crippen molar-refractivity contribution in [2.24, 2.45) is 0 Å². The van der Waals surface area contributed by atoms with Crippen molar-refractivity contribution in [3.05, 3.63) is 71.3 Å². The summed E-state index contributed by atoms with van der Waals surface area (Å²) in [4.78, 5) is 58.8. The van der Waals surface area contributed by atoms with Crippen molar-refractivity contribution in [2.75, 3.05) is 13.2 Å². The number of halogens is 2. The van der Waals surface area contributed by atoms with Crippen molar-refractivity contribution in [2.45, 2.75) is 25.7 Å². The van der Waals surface area contributed by atoms with Gasteiger partial charge in [0.15, 0.2) is 24.8 Å². The number of esters is 2. The van der Waals surface area contributed by atoms with Gasteiger partial charge in [0.05, 0.1) is 12.8 Å². The number of benzene rings is 2. The highest BCUT2D eigenvalue weighted by Crippen LogP contribution is 2.09. The van der Waals surface area contributed by atoms with Gasteiger partial charge in [-0.25, -0.2) is 8.78 Å². The fourth-order valence-electron chi connectivity index (χ4n) is 2.50. The average molecular weight is 446 g/mol. The molecule has 0 bridgehead atoms. The van der Waals surface area contributed by atoms with Gasteiger partial charge in [-0.1, -0.05) is 0 Å². The lowest BCUT2D eigenvalue weighted by molar-refractivity contribution is -0.153. The molecule has 0 radical (unpaired) electrons. The Morgan fingerprint density at radius 3 is 1.25 bits per heavy atom. The first-order valence-electron chi connectivity index (χ1n) is 9.65. The summed E-state index contributed by atoms with van der Waals surface area (Å²) < 4.78 is 35.1. The molecule has 7 nitrogen and oxygen atoms in total. The number of rotatable bonds is 12. The monoisotopic (exact) mass is 446 g/mol. The minimum absolute atomic E-state index is 0.171. The molecule has 9 heteroatoms. The SMILES string of the molecule is O=C(COC(=O)CCC(=O)c1ccc(F)cc1)COC(=O)CCC(=O)c1ccc(F)cc1. The molecule has 0 aliphatic heterocycles. The highest BCUT2D eigenvalue weighted by atomic mass is 19.1. The van der Waals surface area contributed by atoms with Crippen LogP contribution in [0.4, 0.5) is 8.78 Å². The summed E-state index contributed by atoms with van der Waals surface area (Å²) in [7, 11) is 0. The maximum absolute atomic E-state index is 12.8. The minimum Gasteiger partial charge on any atom is -0.458 e. The van der Waals surface area contributed by atoms with E-state index >= 15 is 0 Å². The van der Waals surface area contributed by atoms with Gasteiger partial charge >= 0.3 is 11.9 Å². The zero-order chi connectivity index (χ0) is 23.5. The standard InChI is InChI=1S/C23H20F2O7/c24-17-5-1-15(2-6-17)20(27)9-11-22(29)31-13-19(26)14-32-23(30)12-10-21(28)16-3-7-18(25)8-4-16/h1-8H,9-14H2. The van der Waals surface area contributed by atoms with E-state index in [4.69, 9.17) is 9.47 Å². The van der Waals surface area contributed by atoms with E-state index in [-0.39, 0.29) is 48.4 Å². The third kappa shape index (κ3) is 8.55. The lowest BCUT2D eigenvalue weighted by Crippen LogP contribution is -2.21. The Morgan fingerprint density at radius 2 is 0.906 bits per heavy atom. The number of carbonyl (C=O) groups is 5. The molecule has 0 amide bonds. The van der Waals surface area contributed by atoms with Crippen molar-refractivity contribution in [1.82, 2.24) is 0 Å². The van der Waals surface area contributed by atoms with Gasteiger partial charge in [0.1, 0.15) is 11.6 Å². The molecule has 0 saturated carbocycles. The Hall–Kier alpha value is -3.75. The largest absolute Gasteiger partial charge is 0.458 e. The fourth-order valence-corrected chi connectivity index (χ4v) is 2.50. The van der Waals surface area contributed by atoms with Gasteiger partial charge in [-0.2, -0.15) is 0 Å². The maximum atomic E-state index is 12.8. The number of ketones is 3. The van der Waals surface area contributed by atoms with Gasteiger partial charge in [0, 0.05) is 24.0 Å². The van der Waals surface area contributed by atoms with Crippen LogP contribution in [0.1, 0.15) is 46.4 Å². The molecule has 0 saturated heterocycles. The molecular formula is C23H20F2O7. The molecule has 0 heterocycles. The van der Waals surface area contributed by atoms with Crippen LogP contribution in [0.3, 0.4) is 0 Å². The van der Waals surface area contributed by atoms with Crippen molar-refractivity contribution < 1.29 is 42.2 Å². The Labute approximate surface area is 182 Å². The van der Waals surface area contributed by atoms with Gasteiger partial charge in [0.2, 0.25) is 5.78 Å². The second kappa shape index (κ2) is 12.2. The second-order valence-corrected chi connectivity index (χ2v) is 6.72. The average Bonchev–Trinajstić information content (AvgIpc) is 2.79. The van der Waals surface area contributed by atoms with Gasteiger partial charge in [-0.05, 0) is 48.5 Å². The van der Waals surface area contributed by atoms with Crippen molar-refractivity contribution in [3.63, 3.8) is 0 Å². The molecule has 2 rings (SSSR count). The van der Waals surface area contributed by atoms with Crippen molar-refractivity contribution in [1.29, 1.82) is 0 Å². The summed E-state index contributed by atoms with van der Waals surface area (Å²) in [5.74, 6) is -3.98. The van der Waals surface area contributed by atoms with Crippen LogP contribution in [0.2, 0.25) is 0 Å². The molecule has 0 atom stereocenters. The molecule has 0 fully saturated rings. The third-order valence-corrected chi connectivity index (χ3v) is 4.23. The molecule has 32 heavy (non-hydrogen) atoms. The van der Waals surface area contributed by atoms with Crippen LogP contribution in [0.15, 0.2) is 48.5 Å².